The first-order chi connectivity index (χ1) is 10.00. The summed E-state index contributed by atoms with van der Waals surface area (Å²) in [5, 5.41) is 13.7. The molecular formula is C16H24N4O. The molecule has 0 bridgehead atoms. The molecule has 2 heterocycles. The van der Waals surface area contributed by atoms with E-state index in [0.29, 0.717) is 12.0 Å². The third-order valence-electron chi connectivity index (χ3n) is 4.33. The molecule has 0 amide bonds. The molecule has 1 saturated carbocycles. The molecule has 2 aromatic heterocycles. The van der Waals surface area contributed by atoms with Crippen LogP contribution in [0.2, 0.25) is 0 Å². The smallest absolute Gasteiger partial charge is 0.225 e. The van der Waals surface area contributed by atoms with E-state index in [0.717, 1.165) is 11.0 Å². The number of rotatable bonds is 4. The minimum Gasteiger partial charge on any atom is -0.394 e. The van der Waals surface area contributed by atoms with Crippen LogP contribution in [0.15, 0.2) is 12.4 Å². The van der Waals surface area contributed by atoms with Gasteiger partial charge in [-0.3, -0.25) is 0 Å². The van der Waals surface area contributed by atoms with Crippen molar-refractivity contribution in [3.8, 4) is 0 Å². The van der Waals surface area contributed by atoms with Crippen molar-refractivity contribution in [1.29, 1.82) is 0 Å². The Morgan fingerprint density at radius 1 is 1.38 bits per heavy atom. The number of nitrogens with zero attached hydrogens (tertiary/aromatic N) is 3. The second kappa shape index (κ2) is 5.30. The van der Waals surface area contributed by atoms with Gasteiger partial charge in [-0.25, -0.2) is 4.98 Å². The molecule has 2 aromatic rings. The van der Waals surface area contributed by atoms with E-state index in [1.165, 1.54) is 31.2 Å². The lowest BCUT2D eigenvalue weighted by Gasteiger charge is -2.23. The Kier molecular flexibility index (Phi) is 3.61. The van der Waals surface area contributed by atoms with Gasteiger partial charge in [0.05, 0.1) is 12.1 Å². The van der Waals surface area contributed by atoms with Crippen molar-refractivity contribution < 1.29 is 5.11 Å². The van der Waals surface area contributed by atoms with E-state index >= 15 is 0 Å². The molecule has 0 atom stereocenters. The van der Waals surface area contributed by atoms with E-state index < -0.39 is 5.54 Å². The summed E-state index contributed by atoms with van der Waals surface area (Å²) in [5.74, 6) is 0.582. The number of aliphatic hydroxyl groups is 1. The van der Waals surface area contributed by atoms with Crippen LogP contribution in [0.1, 0.15) is 51.1 Å². The van der Waals surface area contributed by atoms with Crippen LogP contribution in [0, 0.1) is 6.92 Å². The fourth-order valence-corrected chi connectivity index (χ4v) is 3.05. The molecule has 0 spiro atoms. The Morgan fingerprint density at radius 2 is 2.10 bits per heavy atom. The number of aromatic nitrogens is 3. The minimum absolute atomic E-state index is 0.0388. The van der Waals surface area contributed by atoms with E-state index in [9.17, 15) is 5.11 Å². The third kappa shape index (κ3) is 2.75. The fourth-order valence-electron chi connectivity index (χ4n) is 3.05. The highest BCUT2D eigenvalue weighted by atomic mass is 16.3. The van der Waals surface area contributed by atoms with Gasteiger partial charge in [0.25, 0.3) is 0 Å². The van der Waals surface area contributed by atoms with E-state index in [4.69, 9.17) is 4.98 Å². The third-order valence-corrected chi connectivity index (χ3v) is 4.33. The van der Waals surface area contributed by atoms with Gasteiger partial charge in [0.1, 0.15) is 5.65 Å². The minimum atomic E-state index is -0.423. The summed E-state index contributed by atoms with van der Waals surface area (Å²) in [6.07, 6.45) is 9.17. The summed E-state index contributed by atoms with van der Waals surface area (Å²) in [6, 6.07) is 0.565. The van der Waals surface area contributed by atoms with Gasteiger partial charge in [0.2, 0.25) is 5.95 Å². The molecule has 1 aliphatic rings. The largest absolute Gasteiger partial charge is 0.394 e. The molecule has 0 unspecified atom stereocenters. The monoisotopic (exact) mass is 288 g/mol. The molecule has 5 heteroatoms. The van der Waals surface area contributed by atoms with Crippen LogP contribution in [-0.2, 0) is 0 Å². The van der Waals surface area contributed by atoms with Crippen LogP contribution in [-0.4, -0.2) is 31.8 Å². The Balaban J connectivity index is 2.00. The van der Waals surface area contributed by atoms with Gasteiger partial charge >= 0.3 is 0 Å². The molecule has 1 fully saturated rings. The zero-order valence-corrected chi connectivity index (χ0v) is 13.1. The molecule has 1 aliphatic carbocycles. The molecule has 0 aromatic carbocycles. The molecule has 21 heavy (non-hydrogen) atoms. The highest BCUT2D eigenvalue weighted by molar-refractivity contribution is 5.80. The number of anilines is 1. The van der Waals surface area contributed by atoms with Gasteiger partial charge in [0, 0.05) is 23.8 Å². The molecule has 3 rings (SSSR count). The topological polar surface area (TPSA) is 63.0 Å². The Labute approximate surface area is 125 Å². The average molecular weight is 288 g/mol. The van der Waals surface area contributed by atoms with Crippen LogP contribution in [0.25, 0.3) is 11.0 Å². The molecule has 0 saturated heterocycles. The number of nitrogens with one attached hydrogen (secondary N) is 1. The second-order valence-electron chi connectivity index (χ2n) is 6.76. The zero-order valence-electron chi connectivity index (χ0n) is 13.1. The maximum Gasteiger partial charge on any atom is 0.225 e. The lowest BCUT2D eigenvalue weighted by atomic mass is 10.1. The summed E-state index contributed by atoms with van der Waals surface area (Å²) in [7, 11) is 0. The van der Waals surface area contributed by atoms with E-state index in [-0.39, 0.29) is 6.61 Å². The summed E-state index contributed by atoms with van der Waals surface area (Å²) >= 11 is 0. The predicted octanol–water partition coefficient (Wildman–Crippen LogP) is 3.04. The van der Waals surface area contributed by atoms with Gasteiger partial charge in [-0.05, 0) is 39.2 Å². The second-order valence-corrected chi connectivity index (χ2v) is 6.76. The molecular weight excluding hydrogens is 264 g/mol. The highest BCUT2D eigenvalue weighted by Gasteiger charge is 2.22. The molecule has 0 radical (unpaired) electrons. The Bertz CT molecular complexity index is 641. The Morgan fingerprint density at radius 3 is 2.76 bits per heavy atom. The lowest BCUT2D eigenvalue weighted by molar-refractivity contribution is 0.233. The normalized spacial score (nSPS) is 16.8. The number of aryl methyl sites for hydroxylation is 1. The number of fused-ring (bicyclic) bond motifs is 1. The van der Waals surface area contributed by atoms with Crippen molar-refractivity contribution in [3.05, 3.63) is 18.0 Å². The number of hydrogen-bond donors (Lipinski definition) is 2. The summed E-state index contributed by atoms with van der Waals surface area (Å²) in [6.45, 7) is 6.02. The highest BCUT2D eigenvalue weighted by Crippen LogP contribution is 2.33. The standard InChI is InChI=1S/C16H24N4O/c1-11-9-20(12-6-4-5-7-12)14-13(11)8-17-15(18-14)19-16(2,3)10-21/h8-9,12,21H,4-7,10H2,1-3H3,(H,17,18,19). The van der Waals surface area contributed by atoms with Crippen molar-refractivity contribution in [2.24, 2.45) is 0 Å². The quantitative estimate of drug-likeness (QED) is 0.907. The van der Waals surface area contributed by atoms with Crippen LogP contribution < -0.4 is 5.32 Å². The van der Waals surface area contributed by atoms with E-state index in [1.807, 2.05) is 20.0 Å². The van der Waals surface area contributed by atoms with Crippen molar-refractivity contribution in [2.45, 2.75) is 58.0 Å². The van der Waals surface area contributed by atoms with Gasteiger partial charge in [0.15, 0.2) is 0 Å². The first-order valence-corrected chi connectivity index (χ1v) is 7.73. The van der Waals surface area contributed by atoms with Crippen LogP contribution in [0.3, 0.4) is 0 Å². The average Bonchev–Trinajstić information content (AvgIpc) is 3.07. The molecule has 114 valence electrons. The zero-order chi connectivity index (χ0) is 15.0. The SMILES string of the molecule is Cc1cn(C2CCCC2)c2nc(NC(C)(C)CO)ncc12. The van der Waals surface area contributed by atoms with Crippen molar-refractivity contribution in [2.75, 3.05) is 11.9 Å². The van der Waals surface area contributed by atoms with Gasteiger partial charge in [-0.1, -0.05) is 12.8 Å². The van der Waals surface area contributed by atoms with Crippen LogP contribution >= 0.6 is 0 Å². The number of aliphatic hydroxyl groups excluding tert-OH is 1. The first-order valence-electron chi connectivity index (χ1n) is 7.73. The lowest BCUT2D eigenvalue weighted by Crippen LogP contribution is -2.35. The summed E-state index contributed by atoms with van der Waals surface area (Å²) in [5.41, 5.74) is 1.81. The predicted molar refractivity (Wildman–Crippen MR) is 84.6 cm³/mol. The van der Waals surface area contributed by atoms with Gasteiger partial charge in [-0.15, -0.1) is 0 Å². The van der Waals surface area contributed by atoms with Crippen molar-refractivity contribution in [3.63, 3.8) is 0 Å². The van der Waals surface area contributed by atoms with E-state index in [1.54, 1.807) is 0 Å². The number of hydrogen-bond acceptors (Lipinski definition) is 4. The molecule has 5 nitrogen and oxygen atoms in total. The molecule has 0 aliphatic heterocycles. The van der Waals surface area contributed by atoms with E-state index in [2.05, 4.69) is 28.0 Å². The maximum absolute atomic E-state index is 9.38. The Hall–Kier alpha value is -1.62. The summed E-state index contributed by atoms with van der Waals surface area (Å²) < 4.78 is 2.32. The maximum atomic E-state index is 9.38. The van der Waals surface area contributed by atoms with Crippen molar-refractivity contribution >= 4 is 17.0 Å². The van der Waals surface area contributed by atoms with Gasteiger partial charge < -0.3 is 15.0 Å². The van der Waals surface area contributed by atoms with Crippen molar-refractivity contribution in [1.82, 2.24) is 14.5 Å². The molecule has 2 N–H and O–H groups in total. The fraction of sp³-hybridized carbons (Fsp3) is 0.625. The first kappa shape index (κ1) is 14.3. The van der Waals surface area contributed by atoms with Crippen LogP contribution in [0.4, 0.5) is 5.95 Å². The summed E-state index contributed by atoms with van der Waals surface area (Å²) in [4.78, 5) is 9.10. The van der Waals surface area contributed by atoms with Gasteiger partial charge in [-0.2, -0.15) is 4.98 Å². The van der Waals surface area contributed by atoms with Crippen LogP contribution in [0.5, 0.6) is 0 Å².